The largest absolute Gasteiger partial charge is 0.394 e. The molecule has 3 N–H and O–H groups in total. The Morgan fingerprint density at radius 3 is 2.44 bits per heavy atom. The summed E-state index contributed by atoms with van der Waals surface area (Å²) in [6.45, 7) is 6.02. The molecule has 0 radical (unpaired) electrons. The molecule has 1 unspecified atom stereocenters. The van der Waals surface area contributed by atoms with Gasteiger partial charge in [-0.1, -0.05) is 18.7 Å². The zero-order valence-corrected chi connectivity index (χ0v) is 12.3. The number of hydrogen-bond donors (Lipinski definition) is 2. The molecule has 1 atom stereocenters. The molecule has 5 heteroatoms. The average Bonchev–Trinajstić information content (AvgIpc) is 2.33. The van der Waals surface area contributed by atoms with Crippen molar-refractivity contribution in [1.82, 2.24) is 9.97 Å². The molecule has 4 nitrogen and oxygen atoms in total. The van der Waals surface area contributed by atoms with Gasteiger partial charge in [-0.25, -0.2) is 9.97 Å². The number of aryl methyl sites for hydroxylation is 2. The minimum absolute atomic E-state index is 0.0498. The van der Waals surface area contributed by atoms with Gasteiger partial charge in [0.1, 0.15) is 0 Å². The number of nitrogens with two attached hydrogens (primary N) is 1. The van der Waals surface area contributed by atoms with Crippen LogP contribution in [-0.4, -0.2) is 33.0 Å². The molecule has 0 bridgehead atoms. The van der Waals surface area contributed by atoms with Crippen molar-refractivity contribution in [2.45, 2.75) is 50.7 Å². The van der Waals surface area contributed by atoms with Crippen LogP contribution in [0.1, 0.15) is 37.6 Å². The second kappa shape index (κ2) is 7.07. The molecule has 0 aliphatic rings. The third kappa shape index (κ3) is 4.92. The summed E-state index contributed by atoms with van der Waals surface area (Å²) in [4.78, 5) is 8.76. The first kappa shape index (κ1) is 15.4. The molecule has 1 aromatic heterocycles. The quantitative estimate of drug-likeness (QED) is 0.450. The Balaban J connectivity index is 2.38. The molecule has 0 aromatic carbocycles. The van der Waals surface area contributed by atoms with Gasteiger partial charge in [0.2, 0.25) is 0 Å². The van der Waals surface area contributed by atoms with Crippen molar-refractivity contribution in [3.05, 3.63) is 17.5 Å². The van der Waals surface area contributed by atoms with Crippen LogP contribution < -0.4 is 5.73 Å². The first-order valence-electron chi connectivity index (χ1n) is 6.34. The number of rotatable bonds is 7. The standard InChI is InChI=1S/C13H23N3OS/c1-4-13(14,9-17)6-5-7-18-12-15-10(2)8-11(3)16-12/h8,17H,4-7,9,14H2,1-3H3. The van der Waals surface area contributed by atoms with Gasteiger partial charge in [0.25, 0.3) is 0 Å². The van der Waals surface area contributed by atoms with Gasteiger partial charge in [0.05, 0.1) is 6.61 Å². The van der Waals surface area contributed by atoms with Gasteiger partial charge in [0, 0.05) is 22.7 Å². The van der Waals surface area contributed by atoms with Crippen LogP contribution in [0, 0.1) is 13.8 Å². The number of nitrogens with zero attached hydrogens (tertiary/aromatic N) is 2. The lowest BCUT2D eigenvalue weighted by Gasteiger charge is -2.25. The van der Waals surface area contributed by atoms with Crippen molar-refractivity contribution >= 4 is 11.8 Å². The van der Waals surface area contributed by atoms with E-state index in [0.29, 0.717) is 0 Å². The van der Waals surface area contributed by atoms with E-state index in [1.807, 2.05) is 26.8 Å². The summed E-state index contributed by atoms with van der Waals surface area (Å²) in [5, 5.41) is 10.0. The molecule has 102 valence electrons. The van der Waals surface area contributed by atoms with Crippen LogP contribution in [0.3, 0.4) is 0 Å². The minimum atomic E-state index is -0.427. The first-order valence-corrected chi connectivity index (χ1v) is 7.32. The predicted octanol–water partition coefficient (Wildman–Crippen LogP) is 2.07. The van der Waals surface area contributed by atoms with E-state index in [4.69, 9.17) is 5.73 Å². The van der Waals surface area contributed by atoms with Crippen LogP contribution in [0.25, 0.3) is 0 Å². The Kier molecular flexibility index (Phi) is 6.05. The van der Waals surface area contributed by atoms with E-state index in [0.717, 1.165) is 41.6 Å². The Bertz CT molecular complexity index is 360. The highest BCUT2D eigenvalue weighted by atomic mass is 32.2. The van der Waals surface area contributed by atoms with Crippen molar-refractivity contribution < 1.29 is 5.11 Å². The van der Waals surface area contributed by atoms with Crippen molar-refractivity contribution in [1.29, 1.82) is 0 Å². The second-order valence-corrected chi connectivity index (χ2v) is 5.82. The van der Waals surface area contributed by atoms with E-state index in [1.165, 1.54) is 0 Å². The van der Waals surface area contributed by atoms with Crippen LogP contribution in [0.4, 0.5) is 0 Å². The molecule has 1 heterocycles. The summed E-state index contributed by atoms with van der Waals surface area (Å²) in [6.07, 6.45) is 2.60. The highest BCUT2D eigenvalue weighted by Crippen LogP contribution is 2.19. The van der Waals surface area contributed by atoms with E-state index in [-0.39, 0.29) is 6.61 Å². The van der Waals surface area contributed by atoms with E-state index in [2.05, 4.69) is 9.97 Å². The molecule has 0 saturated carbocycles. The Morgan fingerprint density at radius 1 is 1.33 bits per heavy atom. The van der Waals surface area contributed by atoms with Gasteiger partial charge in [-0.3, -0.25) is 0 Å². The molecule has 0 spiro atoms. The smallest absolute Gasteiger partial charge is 0.187 e. The van der Waals surface area contributed by atoms with Gasteiger partial charge in [-0.05, 0) is 39.2 Å². The summed E-state index contributed by atoms with van der Waals surface area (Å²) >= 11 is 1.65. The number of hydrogen-bond acceptors (Lipinski definition) is 5. The third-order valence-corrected chi connectivity index (χ3v) is 3.96. The highest BCUT2D eigenvalue weighted by molar-refractivity contribution is 7.99. The molecule has 0 amide bonds. The molecular weight excluding hydrogens is 246 g/mol. The molecule has 18 heavy (non-hydrogen) atoms. The van der Waals surface area contributed by atoms with E-state index < -0.39 is 5.54 Å². The molecule has 0 fully saturated rings. The summed E-state index contributed by atoms with van der Waals surface area (Å²) in [5.74, 6) is 0.932. The lowest BCUT2D eigenvalue weighted by molar-refractivity contribution is 0.182. The third-order valence-electron chi connectivity index (χ3n) is 3.03. The zero-order chi connectivity index (χ0) is 13.6. The van der Waals surface area contributed by atoms with Gasteiger partial charge >= 0.3 is 0 Å². The molecule has 1 rings (SSSR count). The van der Waals surface area contributed by atoms with Crippen molar-refractivity contribution in [3.8, 4) is 0 Å². The van der Waals surface area contributed by atoms with Crippen molar-refractivity contribution in [2.24, 2.45) is 5.73 Å². The molecule has 0 aliphatic heterocycles. The average molecular weight is 269 g/mol. The first-order chi connectivity index (χ1) is 8.49. The van der Waals surface area contributed by atoms with Gasteiger partial charge in [0.15, 0.2) is 5.16 Å². The molecule has 0 aliphatic carbocycles. The zero-order valence-electron chi connectivity index (χ0n) is 11.4. The monoisotopic (exact) mass is 269 g/mol. The van der Waals surface area contributed by atoms with Gasteiger partial charge < -0.3 is 10.8 Å². The maximum absolute atomic E-state index is 9.22. The molecular formula is C13H23N3OS. The topological polar surface area (TPSA) is 72.0 Å². The van der Waals surface area contributed by atoms with Crippen molar-refractivity contribution in [3.63, 3.8) is 0 Å². The summed E-state index contributed by atoms with van der Waals surface area (Å²) in [6, 6.07) is 1.97. The van der Waals surface area contributed by atoms with Crippen LogP contribution in [-0.2, 0) is 0 Å². The maximum Gasteiger partial charge on any atom is 0.187 e. The maximum atomic E-state index is 9.22. The minimum Gasteiger partial charge on any atom is -0.394 e. The summed E-state index contributed by atoms with van der Waals surface area (Å²) in [5.41, 5.74) is 7.61. The summed E-state index contributed by atoms with van der Waals surface area (Å²) in [7, 11) is 0. The fraction of sp³-hybridized carbons (Fsp3) is 0.692. The molecule has 1 aromatic rings. The number of thioether (sulfide) groups is 1. The van der Waals surface area contributed by atoms with Crippen molar-refractivity contribution in [2.75, 3.05) is 12.4 Å². The fourth-order valence-corrected chi connectivity index (χ4v) is 2.60. The summed E-state index contributed by atoms with van der Waals surface area (Å²) < 4.78 is 0. The lowest BCUT2D eigenvalue weighted by atomic mass is 9.93. The SMILES string of the molecule is CCC(N)(CO)CCCSc1nc(C)cc(C)n1. The Morgan fingerprint density at radius 2 is 1.94 bits per heavy atom. The Labute approximate surface area is 113 Å². The number of aliphatic hydroxyl groups excluding tert-OH is 1. The number of aromatic nitrogens is 2. The number of aliphatic hydroxyl groups is 1. The van der Waals surface area contributed by atoms with E-state index in [1.54, 1.807) is 11.8 Å². The highest BCUT2D eigenvalue weighted by Gasteiger charge is 2.20. The Hall–Kier alpha value is -0.650. The van der Waals surface area contributed by atoms with Gasteiger partial charge in [-0.15, -0.1) is 0 Å². The van der Waals surface area contributed by atoms with Crippen LogP contribution in [0.5, 0.6) is 0 Å². The van der Waals surface area contributed by atoms with Crippen LogP contribution in [0.2, 0.25) is 0 Å². The van der Waals surface area contributed by atoms with Crippen LogP contribution >= 0.6 is 11.8 Å². The second-order valence-electron chi connectivity index (χ2n) is 4.76. The fourth-order valence-electron chi connectivity index (χ4n) is 1.71. The normalized spacial score (nSPS) is 14.5. The van der Waals surface area contributed by atoms with E-state index >= 15 is 0 Å². The van der Waals surface area contributed by atoms with Crippen LogP contribution in [0.15, 0.2) is 11.2 Å². The molecule has 0 saturated heterocycles. The lowest BCUT2D eigenvalue weighted by Crippen LogP contribution is -2.42. The van der Waals surface area contributed by atoms with E-state index in [9.17, 15) is 5.11 Å². The van der Waals surface area contributed by atoms with Gasteiger partial charge in [-0.2, -0.15) is 0 Å². The predicted molar refractivity (Wildman–Crippen MR) is 75.8 cm³/mol.